The molecular formula is C19H29N3O2S. The lowest BCUT2D eigenvalue weighted by molar-refractivity contribution is -0.133. The smallest absolute Gasteiger partial charge is 0.239 e. The molecule has 2 rings (SSSR count). The molecule has 1 fully saturated rings. The third-order valence-electron chi connectivity index (χ3n) is 4.23. The van der Waals surface area contributed by atoms with Crippen LogP contribution in [0, 0.1) is 0 Å². The normalized spacial score (nSPS) is 18.1. The number of nitrogens with one attached hydrogen (secondary N) is 1. The molecule has 1 atom stereocenters. The minimum Gasteiger partial charge on any atom is -0.353 e. The zero-order valence-corrected chi connectivity index (χ0v) is 16.7. The van der Waals surface area contributed by atoms with Gasteiger partial charge in [0.15, 0.2) is 0 Å². The van der Waals surface area contributed by atoms with Crippen LogP contribution in [0.25, 0.3) is 0 Å². The van der Waals surface area contributed by atoms with Crippen LogP contribution in [0.15, 0.2) is 24.3 Å². The summed E-state index contributed by atoms with van der Waals surface area (Å²) in [5.41, 5.74) is 2.44. The van der Waals surface area contributed by atoms with Gasteiger partial charge >= 0.3 is 0 Å². The molecule has 0 bridgehead atoms. The summed E-state index contributed by atoms with van der Waals surface area (Å²) in [6, 6.07) is 8.39. The van der Waals surface area contributed by atoms with Crippen molar-refractivity contribution in [3.8, 4) is 0 Å². The van der Waals surface area contributed by atoms with Crippen molar-refractivity contribution >= 4 is 23.6 Å². The van der Waals surface area contributed by atoms with Gasteiger partial charge < -0.3 is 15.1 Å². The molecule has 0 radical (unpaired) electrons. The monoisotopic (exact) mass is 363 g/mol. The van der Waals surface area contributed by atoms with Crippen LogP contribution < -0.4 is 5.32 Å². The van der Waals surface area contributed by atoms with Gasteiger partial charge in [0, 0.05) is 13.1 Å². The molecular weight excluding hydrogens is 334 g/mol. The van der Waals surface area contributed by atoms with Crippen molar-refractivity contribution in [1.82, 2.24) is 15.1 Å². The second-order valence-electron chi connectivity index (χ2n) is 7.71. The maximum atomic E-state index is 12.2. The van der Waals surface area contributed by atoms with Crippen LogP contribution in [0.4, 0.5) is 0 Å². The molecule has 1 aromatic rings. The van der Waals surface area contributed by atoms with E-state index < -0.39 is 0 Å². The minimum absolute atomic E-state index is 0.0256. The van der Waals surface area contributed by atoms with Crippen LogP contribution >= 0.6 is 11.8 Å². The Balaban J connectivity index is 2.02. The number of nitrogens with zero attached hydrogens (tertiary/aromatic N) is 2. The molecule has 1 aromatic carbocycles. The average Bonchev–Trinajstić information content (AvgIpc) is 2.87. The molecule has 1 aliphatic heterocycles. The zero-order chi connectivity index (χ0) is 18.6. The molecule has 1 aliphatic rings. The topological polar surface area (TPSA) is 52.7 Å². The Morgan fingerprint density at radius 1 is 1.28 bits per heavy atom. The van der Waals surface area contributed by atoms with Crippen LogP contribution in [0.2, 0.25) is 0 Å². The van der Waals surface area contributed by atoms with Gasteiger partial charge in [0.2, 0.25) is 11.8 Å². The summed E-state index contributed by atoms with van der Waals surface area (Å²) >= 11 is 1.58. The highest BCUT2D eigenvalue weighted by Crippen LogP contribution is 2.38. The van der Waals surface area contributed by atoms with Crippen LogP contribution in [0.3, 0.4) is 0 Å². The molecule has 5 nitrogen and oxygen atoms in total. The summed E-state index contributed by atoms with van der Waals surface area (Å²) in [4.78, 5) is 28.1. The van der Waals surface area contributed by atoms with E-state index in [9.17, 15) is 9.59 Å². The summed E-state index contributed by atoms with van der Waals surface area (Å²) < 4.78 is 0. The molecule has 138 valence electrons. The quantitative estimate of drug-likeness (QED) is 0.842. The van der Waals surface area contributed by atoms with E-state index in [2.05, 4.69) is 50.4 Å². The van der Waals surface area contributed by atoms with Gasteiger partial charge in [0.1, 0.15) is 11.9 Å². The summed E-state index contributed by atoms with van der Waals surface area (Å²) in [6.07, 6.45) is 0. The lowest BCUT2D eigenvalue weighted by Crippen LogP contribution is -2.41. The Morgan fingerprint density at radius 3 is 2.48 bits per heavy atom. The SMILES string of the molecule is CN(C)CCNC(=O)CN1C(=O)CS[C@@H]1c1ccc(C(C)(C)C)cc1. The number of thioether (sulfide) groups is 1. The maximum Gasteiger partial charge on any atom is 0.239 e. The van der Waals surface area contributed by atoms with Crippen molar-refractivity contribution in [3.63, 3.8) is 0 Å². The molecule has 2 amide bonds. The third kappa shape index (κ3) is 5.47. The summed E-state index contributed by atoms with van der Waals surface area (Å²) in [7, 11) is 3.92. The first-order valence-electron chi connectivity index (χ1n) is 8.61. The van der Waals surface area contributed by atoms with E-state index in [1.807, 2.05) is 19.0 Å². The van der Waals surface area contributed by atoms with Gasteiger partial charge in [0.25, 0.3) is 0 Å². The van der Waals surface area contributed by atoms with Crippen LogP contribution in [-0.4, -0.2) is 61.1 Å². The Hall–Kier alpha value is -1.53. The molecule has 0 aliphatic carbocycles. The number of hydrogen-bond acceptors (Lipinski definition) is 4. The van der Waals surface area contributed by atoms with Gasteiger partial charge in [-0.15, -0.1) is 11.8 Å². The van der Waals surface area contributed by atoms with Crippen molar-refractivity contribution in [2.24, 2.45) is 0 Å². The second kappa shape index (κ2) is 8.23. The summed E-state index contributed by atoms with van der Waals surface area (Å²) in [6.45, 7) is 8.03. The number of likely N-dealkylation sites (N-methyl/N-ethyl adjacent to an activating group) is 1. The Bertz CT molecular complexity index is 608. The van der Waals surface area contributed by atoms with Crippen molar-refractivity contribution in [1.29, 1.82) is 0 Å². The Labute approximate surface area is 155 Å². The lowest BCUT2D eigenvalue weighted by atomic mass is 9.87. The Kier molecular flexibility index (Phi) is 6.52. The van der Waals surface area contributed by atoms with Gasteiger partial charge in [0.05, 0.1) is 5.75 Å². The van der Waals surface area contributed by atoms with Gasteiger partial charge in [-0.2, -0.15) is 0 Å². The number of hydrogen-bond donors (Lipinski definition) is 1. The minimum atomic E-state index is -0.103. The van der Waals surface area contributed by atoms with Gasteiger partial charge in [-0.25, -0.2) is 0 Å². The fraction of sp³-hybridized carbons (Fsp3) is 0.579. The van der Waals surface area contributed by atoms with E-state index in [0.29, 0.717) is 12.3 Å². The first-order chi connectivity index (χ1) is 11.7. The molecule has 1 saturated heterocycles. The fourth-order valence-electron chi connectivity index (χ4n) is 2.68. The second-order valence-corrected chi connectivity index (χ2v) is 8.78. The first kappa shape index (κ1) is 19.8. The highest BCUT2D eigenvalue weighted by molar-refractivity contribution is 8.00. The van der Waals surface area contributed by atoms with E-state index in [1.165, 1.54) is 5.56 Å². The molecule has 25 heavy (non-hydrogen) atoms. The first-order valence-corrected chi connectivity index (χ1v) is 9.66. The number of amides is 2. The predicted molar refractivity (Wildman–Crippen MR) is 104 cm³/mol. The van der Waals surface area contributed by atoms with Gasteiger partial charge in [-0.1, -0.05) is 45.0 Å². The predicted octanol–water partition coefficient (Wildman–Crippen LogP) is 2.24. The number of benzene rings is 1. The average molecular weight is 364 g/mol. The molecule has 0 aromatic heterocycles. The summed E-state index contributed by atoms with van der Waals surface area (Å²) in [5.74, 6) is 0.350. The number of carbonyl (C=O) groups excluding carboxylic acids is 2. The Morgan fingerprint density at radius 2 is 1.92 bits per heavy atom. The molecule has 0 unspecified atom stereocenters. The molecule has 1 heterocycles. The highest BCUT2D eigenvalue weighted by atomic mass is 32.2. The lowest BCUT2D eigenvalue weighted by Gasteiger charge is -2.25. The fourth-order valence-corrected chi connectivity index (χ4v) is 3.87. The highest BCUT2D eigenvalue weighted by Gasteiger charge is 2.34. The summed E-state index contributed by atoms with van der Waals surface area (Å²) in [5, 5.41) is 2.80. The van der Waals surface area contributed by atoms with E-state index in [1.54, 1.807) is 16.7 Å². The van der Waals surface area contributed by atoms with E-state index >= 15 is 0 Å². The molecule has 6 heteroatoms. The van der Waals surface area contributed by atoms with Crippen LogP contribution in [0.5, 0.6) is 0 Å². The molecule has 0 saturated carbocycles. The maximum absolute atomic E-state index is 12.2. The van der Waals surface area contributed by atoms with Crippen LogP contribution in [0.1, 0.15) is 37.3 Å². The van der Waals surface area contributed by atoms with E-state index in [0.717, 1.165) is 12.1 Å². The largest absolute Gasteiger partial charge is 0.353 e. The third-order valence-corrected chi connectivity index (χ3v) is 5.48. The van der Waals surface area contributed by atoms with Gasteiger partial charge in [-0.05, 0) is 30.6 Å². The standard InChI is InChI=1S/C19H29N3O2S/c1-19(2,3)15-8-6-14(7-9-15)18-22(17(24)13-25-18)12-16(23)20-10-11-21(4)5/h6-9,18H,10-13H2,1-5H3,(H,20,23)/t18-/m1/s1. The number of rotatable bonds is 6. The van der Waals surface area contributed by atoms with Crippen molar-refractivity contribution in [2.75, 3.05) is 39.5 Å². The number of carbonyl (C=O) groups is 2. The van der Waals surface area contributed by atoms with Crippen molar-refractivity contribution in [2.45, 2.75) is 31.6 Å². The van der Waals surface area contributed by atoms with Crippen molar-refractivity contribution in [3.05, 3.63) is 35.4 Å². The van der Waals surface area contributed by atoms with Gasteiger partial charge in [-0.3, -0.25) is 9.59 Å². The van der Waals surface area contributed by atoms with Crippen LogP contribution in [-0.2, 0) is 15.0 Å². The molecule has 0 spiro atoms. The van der Waals surface area contributed by atoms with Crippen molar-refractivity contribution < 1.29 is 9.59 Å². The zero-order valence-electron chi connectivity index (χ0n) is 15.8. The van der Waals surface area contributed by atoms with E-state index in [-0.39, 0.29) is 29.1 Å². The van der Waals surface area contributed by atoms with E-state index in [4.69, 9.17) is 0 Å². The molecule has 1 N–H and O–H groups in total.